The Morgan fingerprint density at radius 2 is 1.57 bits per heavy atom. The number of rotatable bonds is 4. The van der Waals surface area contributed by atoms with Crippen molar-refractivity contribution < 1.29 is 9.59 Å². The lowest BCUT2D eigenvalue weighted by Gasteiger charge is -2.28. The van der Waals surface area contributed by atoms with E-state index in [-0.39, 0.29) is 18.2 Å². The highest BCUT2D eigenvalue weighted by Crippen LogP contribution is 2.10. The number of hydrazine groups is 1. The molecule has 2 aromatic carbocycles. The minimum absolute atomic E-state index is 0.119. The third-order valence-corrected chi connectivity index (χ3v) is 3.32. The molecule has 0 radical (unpaired) electrons. The topological polar surface area (TPSA) is 73.2 Å². The molecule has 0 aromatic heterocycles. The molecule has 116 valence electrons. The molecule has 1 unspecified atom stereocenters. The van der Waals surface area contributed by atoms with Crippen molar-refractivity contribution in [2.24, 2.45) is 0 Å². The van der Waals surface area contributed by atoms with Crippen molar-refractivity contribution >= 4 is 11.8 Å². The van der Waals surface area contributed by atoms with Crippen molar-refractivity contribution in [3.63, 3.8) is 0 Å². The molecule has 0 bridgehead atoms. The molecule has 0 fully saturated rings. The third kappa shape index (κ3) is 4.17. The number of nitrogens with one attached hydrogen (secondary N) is 1. The predicted octanol–water partition coefficient (Wildman–Crippen LogP) is 2.78. The van der Waals surface area contributed by atoms with Crippen molar-refractivity contribution in [1.82, 2.24) is 10.4 Å². The van der Waals surface area contributed by atoms with Gasteiger partial charge < -0.3 is 0 Å². The Hall–Kier alpha value is -3.13. The second-order valence-corrected chi connectivity index (χ2v) is 5.06. The van der Waals surface area contributed by atoms with Crippen molar-refractivity contribution in [3.8, 4) is 6.07 Å². The Morgan fingerprint density at radius 3 is 2.09 bits per heavy atom. The molecule has 1 atom stereocenters. The lowest BCUT2D eigenvalue weighted by atomic mass is 10.1. The smallest absolute Gasteiger partial charge is 0.267 e. The van der Waals surface area contributed by atoms with Gasteiger partial charge in [0.2, 0.25) is 0 Å². The maximum Gasteiger partial charge on any atom is 0.272 e. The Morgan fingerprint density at radius 1 is 1.04 bits per heavy atom. The van der Waals surface area contributed by atoms with E-state index in [1.54, 1.807) is 55.5 Å². The number of benzene rings is 2. The molecule has 2 amide bonds. The Balaban J connectivity index is 2.23. The maximum absolute atomic E-state index is 12.6. The van der Waals surface area contributed by atoms with Gasteiger partial charge in [-0.3, -0.25) is 15.0 Å². The van der Waals surface area contributed by atoms with Crippen LogP contribution in [0.3, 0.4) is 0 Å². The van der Waals surface area contributed by atoms with Crippen LogP contribution in [-0.4, -0.2) is 22.9 Å². The summed E-state index contributed by atoms with van der Waals surface area (Å²) in [5.41, 5.74) is 3.51. The van der Waals surface area contributed by atoms with Crippen molar-refractivity contribution in [1.29, 1.82) is 5.26 Å². The van der Waals surface area contributed by atoms with Crippen LogP contribution in [-0.2, 0) is 0 Å². The van der Waals surface area contributed by atoms with Crippen LogP contribution in [0, 0.1) is 11.3 Å². The van der Waals surface area contributed by atoms with Crippen molar-refractivity contribution in [2.75, 3.05) is 0 Å². The predicted molar refractivity (Wildman–Crippen MR) is 86.2 cm³/mol. The van der Waals surface area contributed by atoms with Crippen molar-refractivity contribution in [3.05, 3.63) is 71.8 Å². The molecule has 0 spiro atoms. The summed E-state index contributed by atoms with van der Waals surface area (Å²) in [5, 5.41) is 10.1. The van der Waals surface area contributed by atoms with Gasteiger partial charge in [-0.25, -0.2) is 5.01 Å². The summed E-state index contributed by atoms with van der Waals surface area (Å²) >= 11 is 0. The number of carbonyl (C=O) groups is 2. The average Bonchev–Trinajstić information content (AvgIpc) is 2.60. The molecule has 0 saturated carbocycles. The zero-order valence-electron chi connectivity index (χ0n) is 12.8. The van der Waals surface area contributed by atoms with Crippen molar-refractivity contribution in [2.45, 2.75) is 19.4 Å². The van der Waals surface area contributed by atoms with Gasteiger partial charge in [0.25, 0.3) is 11.8 Å². The van der Waals surface area contributed by atoms with Crippen LogP contribution in [0.2, 0.25) is 0 Å². The monoisotopic (exact) mass is 307 g/mol. The molecule has 5 heteroatoms. The summed E-state index contributed by atoms with van der Waals surface area (Å²) in [6.07, 6.45) is 0.119. The Bertz CT molecular complexity index is 708. The van der Waals surface area contributed by atoms with E-state index >= 15 is 0 Å². The molecule has 5 nitrogen and oxygen atoms in total. The fraction of sp³-hybridized carbons (Fsp3) is 0.167. The zero-order valence-corrected chi connectivity index (χ0v) is 12.8. The normalized spacial score (nSPS) is 11.1. The summed E-state index contributed by atoms with van der Waals surface area (Å²) in [4.78, 5) is 24.9. The molecule has 0 aliphatic carbocycles. The highest BCUT2D eigenvalue weighted by atomic mass is 16.2. The molecule has 1 N–H and O–H groups in total. The molecule has 2 rings (SSSR count). The average molecular weight is 307 g/mol. The molecule has 0 aliphatic heterocycles. The summed E-state index contributed by atoms with van der Waals surface area (Å²) in [5.74, 6) is -0.739. The first-order chi connectivity index (χ1) is 11.1. The summed E-state index contributed by atoms with van der Waals surface area (Å²) in [7, 11) is 0. The van der Waals surface area contributed by atoms with E-state index in [9.17, 15) is 9.59 Å². The summed E-state index contributed by atoms with van der Waals surface area (Å²) < 4.78 is 0. The first-order valence-corrected chi connectivity index (χ1v) is 7.25. The second kappa shape index (κ2) is 7.76. The molecular formula is C18H17N3O2. The van der Waals surface area contributed by atoms with Gasteiger partial charge in [0.15, 0.2) is 0 Å². The van der Waals surface area contributed by atoms with E-state index in [1.807, 2.05) is 18.2 Å². The molecule has 2 aromatic rings. The van der Waals surface area contributed by atoms with Crippen LogP contribution in [0.5, 0.6) is 0 Å². The fourth-order valence-corrected chi connectivity index (χ4v) is 2.07. The SMILES string of the molecule is CC(CC#N)N(NC(=O)c1ccccc1)C(=O)c1ccccc1. The standard InChI is InChI=1S/C18H17N3O2/c1-14(12-13-19)21(18(23)16-10-6-3-7-11-16)20-17(22)15-8-4-2-5-9-15/h2-11,14H,12H2,1H3,(H,20,22). The van der Waals surface area contributed by atoms with Gasteiger partial charge in [-0.1, -0.05) is 36.4 Å². The number of nitrogens with zero attached hydrogens (tertiary/aromatic N) is 2. The summed E-state index contributed by atoms with van der Waals surface area (Å²) in [6.45, 7) is 1.72. The minimum atomic E-state index is -0.444. The second-order valence-electron chi connectivity index (χ2n) is 5.06. The van der Waals surface area contributed by atoms with Crippen LogP contribution in [0.25, 0.3) is 0 Å². The first-order valence-electron chi connectivity index (χ1n) is 7.25. The molecule has 23 heavy (non-hydrogen) atoms. The van der Waals surface area contributed by atoms with E-state index < -0.39 is 6.04 Å². The number of hydrogen-bond acceptors (Lipinski definition) is 3. The quantitative estimate of drug-likeness (QED) is 0.883. The van der Waals surface area contributed by atoms with E-state index in [1.165, 1.54) is 5.01 Å². The molecule has 0 heterocycles. The van der Waals surface area contributed by atoms with E-state index in [0.717, 1.165) is 0 Å². The number of hydrogen-bond donors (Lipinski definition) is 1. The molecule has 0 saturated heterocycles. The number of amides is 2. The Kier molecular flexibility index (Phi) is 5.48. The van der Waals surface area contributed by atoms with Crippen LogP contribution in [0.4, 0.5) is 0 Å². The first kappa shape index (κ1) is 16.2. The number of nitriles is 1. The van der Waals surface area contributed by atoms with Gasteiger partial charge >= 0.3 is 0 Å². The lowest BCUT2D eigenvalue weighted by Crippen LogP contribution is -2.50. The number of carbonyl (C=O) groups excluding carboxylic acids is 2. The lowest BCUT2D eigenvalue weighted by molar-refractivity contribution is 0.0502. The van der Waals surface area contributed by atoms with Gasteiger partial charge in [-0.2, -0.15) is 5.26 Å². The van der Waals surface area contributed by atoms with E-state index in [4.69, 9.17) is 5.26 Å². The van der Waals surface area contributed by atoms with Crippen LogP contribution < -0.4 is 5.43 Å². The summed E-state index contributed by atoms with van der Waals surface area (Å²) in [6, 6.07) is 18.9. The third-order valence-electron chi connectivity index (χ3n) is 3.32. The van der Waals surface area contributed by atoms with E-state index in [2.05, 4.69) is 5.43 Å². The van der Waals surface area contributed by atoms with E-state index in [0.29, 0.717) is 11.1 Å². The maximum atomic E-state index is 12.6. The van der Waals surface area contributed by atoms with Gasteiger partial charge in [-0.15, -0.1) is 0 Å². The van der Waals surface area contributed by atoms with Crippen LogP contribution in [0.1, 0.15) is 34.1 Å². The Labute approximate surface area is 135 Å². The zero-order chi connectivity index (χ0) is 16.7. The minimum Gasteiger partial charge on any atom is -0.267 e. The molecular weight excluding hydrogens is 290 g/mol. The fourth-order valence-electron chi connectivity index (χ4n) is 2.07. The largest absolute Gasteiger partial charge is 0.272 e. The van der Waals surface area contributed by atoms with Gasteiger partial charge in [0.05, 0.1) is 18.5 Å². The van der Waals surface area contributed by atoms with Crippen LogP contribution >= 0.6 is 0 Å². The van der Waals surface area contributed by atoms with Gasteiger partial charge in [0.1, 0.15) is 0 Å². The van der Waals surface area contributed by atoms with Gasteiger partial charge in [-0.05, 0) is 31.2 Å². The highest BCUT2D eigenvalue weighted by Gasteiger charge is 2.23. The highest BCUT2D eigenvalue weighted by molar-refractivity contribution is 5.99. The van der Waals surface area contributed by atoms with Crippen LogP contribution in [0.15, 0.2) is 60.7 Å². The molecule has 0 aliphatic rings. The van der Waals surface area contributed by atoms with Gasteiger partial charge in [0, 0.05) is 11.1 Å².